The van der Waals surface area contributed by atoms with Gasteiger partial charge < -0.3 is 4.90 Å². The molecule has 124 valence electrons. The van der Waals surface area contributed by atoms with Crippen molar-refractivity contribution in [2.24, 2.45) is 5.92 Å². The van der Waals surface area contributed by atoms with Crippen LogP contribution in [-0.4, -0.2) is 34.6 Å². The maximum Gasteiger partial charge on any atom is 0.185 e. The Kier molecular flexibility index (Phi) is 4.60. The monoisotopic (exact) mass is 322 g/mol. The fourth-order valence-electron chi connectivity index (χ4n) is 2.82. The molecule has 24 heavy (non-hydrogen) atoms. The van der Waals surface area contributed by atoms with Crippen LogP contribution in [0.25, 0.3) is 11.0 Å². The van der Waals surface area contributed by atoms with Gasteiger partial charge in [0, 0.05) is 25.4 Å². The maximum atomic E-state index is 12.5. The number of nitrogens with zero attached hydrogens (tertiary/aromatic N) is 3. The highest BCUT2D eigenvalue weighted by atomic mass is 16.1. The number of nitrogens with one attached hydrogen (secondary N) is 1. The molecule has 0 saturated heterocycles. The summed E-state index contributed by atoms with van der Waals surface area (Å²) in [5.74, 6) is 1.44. The molecule has 0 aliphatic heterocycles. The quantitative estimate of drug-likeness (QED) is 0.706. The van der Waals surface area contributed by atoms with E-state index in [1.165, 1.54) is 0 Å². The van der Waals surface area contributed by atoms with Crippen molar-refractivity contribution in [2.45, 2.75) is 20.3 Å². The van der Waals surface area contributed by atoms with Crippen molar-refractivity contribution >= 4 is 22.6 Å². The fourth-order valence-corrected chi connectivity index (χ4v) is 2.82. The molecule has 5 heteroatoms. The molecule has 0 spiro atoms. The van der Waals surface area contributed by atoms with Crippen LogP contribution in [-0.2, 0) is 6.42 Å². The molecule has 0 unspecified atom stereocenters. The summed E-state index contributed by atoms with van der Waals surface area (Å²) in [5, 5.41) is 7.86. The Balaban J connectivity index is 1.84. The van der Waals surface area contributed by atoms with E-state index in [-0.39, 0.29) is 5.78 Å². The van der Waals surface area contributed by atoms with E-state index in [2.05, 4.69) is 33.9 Å². The highest BCUT2D eigenvalue weighted by Gasteiger charge is 2.16. The summed E-state index contributed by atoms with van der Waals surface area (Å²) in [6, 6.07) is 13.6. The number of carbonyl (C=O) groups excluding carboxylic acids is 1. The lowest BCUT2D eigenvalue weighted by Gasteiger charge is -2.20. The number of ketones is 1. The van der Waals surface area contributed by atoms with Crippen LogP contribution < -0.4 is 4.90 Å². The van der Waals surface area contributed by atoms with Crippen LogP contribution in [0.1, 0.15) is 29.9 Å². The van der Waals surface area contributed by atoms with Crippen LogP contribution in [0.3, 0.4) is 0 Å². The normalized spacial score (nSPS) is 11.2. The van der Waals surface area contributed by atoms with Gasteiger partial charge in [-0.3, -0.25) is 9.89 Å². The molecule has 2 heterocycles. The third-order valence-corrected chi connectivity index (χ3v) is 3.92. The zero-order valence-electron chi connectivity index (χ0n) is 14.3. The molecule has 2 aromatic heterocycles. The number of pyridine rings is 1. The average molecular weight is 322 g/mol. The van der Waals surface area contributed by atoms with Crippen molar-refractivity contribution in [3.8, 4) is 0 Å². The van der Waals surface area contributed by atoms with E-state index in [4.69, 9.17) is 0 Å². The molecule has 0 bridgehead atoms. The molecular weight excluding hydrogens is 300 g/mol. The first-order chi connectivity index (χ1) is 11.5. The van der Waals surface area contributed by atoms with Crippen molar-refractivity contribution in [3.05, 3.63) is 53.7 Å². The standard InChI is InChI=1S/C19H22N4O/c1-13(2)12-23(3)17-10-9-15-18(21-22-19(15)20-17)16(24)11-14-7-5-4-6-8-14/h4-10,13H,11-12H2,1-3H3,(H,20,21,22). The predicted molar refractivity (Wildman–Crippen MR) is 96.5 cm³/mol. The Morgan fingerprint density at radius 2 is 1.92 bits per heavy atom. The van der Waals surface area contributed by atoms with Gasteiger partial charge in [-0.2, -0.15) is 5.10 Å². The highest BCUT2D eigenvalue weighted by Crippen LogP contribution is 2.20. The largest absolute Gasteiger partial charge is 0.359 e. The number of rotatable bonds is 6. The minimum absolute atomic E-state index is 0.0220. The van der Waals surface area contributed by atoms with Crippen LogP contribution in [0.2, 0.25) is 0 Å². The number of hydrogen-bond acceptors (Lipinski definition) is 4. The van der Waals surface area contributed by atoms with Crippen molar-refractivity contribution in [3.63, 3.8) is 0 Å². The summed E-state index contributed by atoms with van der Waals surface area (Å²) >= 11 is 0. The molecule has 1 N–H and O–H groups in total. The second-order valence-corrected chi connectivity index (χ2v) is 6.50. The van der Waals surface area contributed by atoms with Crippen LogP contribution in [0, 0.1) is 5.92 Å². The number of aromatic amines is 1. The van der Waals surface area contributed by atoms with Gasteiger partial charge in [-0.25, -0.2) is 4.98 Å². The molecule has 3 aromatic rings. The van der Waals surface area contributed by atoms with Crippen LogP contribution in [0.5, 0.6) is 0 Å². The number of hydrogen-bond donors (Lipinski definition) is 1. The van der Waals surface area contributed by atoms with Crippen LogP contribution >= 0.6 is 0 Å². The van der Waals surface area contributed by atoms with Crippen LogP contribution in [0.4, 0.5) is 5.82 Å². The third kappa shape index (κ3) is 3.45. The van der Waals surface area contributed by atoms with Crippen molar-refractivity contribution in [1.82, 2.24) is 15.2 Å². The van der Waals surface area contributed by atoms with E-state index in [0.29, 0.717) is 23.7 Å². The summed E-state index contributed by atoms with van der Waals surface area (Å²) in [7, 11) is 2.02. The summed E-state index contributed by atoms with van der Waals surface area (Å²) in [4.78, 5) is 19.2. The molecule has 0 atom stereocenters. The zero-order valence-corrected chi connectivity index (χ0v) is 14.3. The molecule has 1 aromatic carbocycles. The van der Waals surface area contributed by atoms with E-state index >= 15 is 0 Å². The number of aromatic nitrogens is 3. The SMILES string of the molecule is CC(C)CN(C)c1ccc2c(C(=O)Cc3ccccc3)[nH]nc2n1. The maximum absolute atomic E-state index is 12.5. The third-order valence-electron chi connectivity index (χ3n) is 3.92. The predicted octanol–water partition coefficient (Wildman–Crippen LogP) is 3.48. The minimum Gasteiger partial charge on any atom is -0.359 e. The zero-order chi connectivity index (χ0) is 17.1. The Morgan fingerprint density at radius 3 is 2.62 bits per heavy atom. The van der Waals surface area contributed by atoms with Gasteiger partial charge in [-0.15, -0.1) is 0 Å². The fraction of sp³-hybridized carbons (Fsp3) is 0.316. The molecule has 0 amide bonds. The molecule has 0 aliphatic rings. The van der Waals surface area contributed by atoms with E-state index in [9.17, 15) is 4.79 Å². The first-order valence-corrected chi connectivity index (χ1v) is 8.18. The number of benzene rings is 1. The molecule has 0 radical (unpaired) electrons. The lowest BCUT2D eigenvalue weighted by molar-refractivity contribution is 0.0989. The van der Waals surface area contributed by atoms with Gasteiger partial charge in [-0.05, 0) is 23.6 Å². The number of fused-ring (bicyclic) bond motifs is 1. The van der Waals surface area contributed by atoms with Gasteiger partial charge in [0.2, 0.25) is 0 Å². The van der Waals surface area contributed by atoms with E-state index in [1.807, 2.05) is 49.5 Å². The van der Waals surface area contributed by atoms with Gasteiger partial charge in [0.25, 0.3) is 0 Å². The van der Waals surface area contributed by atoms with E-state index in [0.717, 1.165) is 23.3 Å². The smallest absolute Gasteiger partial charge is 0.185 e. The summed E-state index contributed by atoms with van der Waals surface area (Å²) in [6.45, 7) is 5.26. The molecular formula is C19H22N4O. The molecule has 3 rings (SSSR count). The first-order valence-electron chi connectivity index (χ1n) is 8.18. The van der Waals surface area contributed by atoms with Crippen molar-refractivity contribution in [1.29, 1.82) is 0 Å². The highest BCUT2D eigenvalue weighted by molar-refractivity contribution is 6.06. The Hall–Kier alpha value is -2.69. The topological polar surface area (TPSA) is 61.9 Å². The van der Waals surface area contributed by atoms with Gasteiger partial charge in [0.15, 0.2) is 11.4 Å². The second-order valence-electron chi connectivity index (χ2n) is 6.50. The van der Waals surface area contributed by atoms with Crippen molar-refractivity contribution in [2.75, 3.05) is 18.5 Å². The minimum atomic E-state index is 0.0220. The lowest BCUT2D eigenvalue weighted by atomic mass is 10.1. The molecule has 0 fully saturated rings. The Labute approximate surface area is 141 Å². The van der Waals surface area contributed by atoms with E-state index < -0.39 is 0 Å². The molecule has 5 nitrogen and oxygen atoms in total. The second kappa shape index (κ2) is 6.83. The Morgan fingerprint density at radius 1 is 1.17 bits per heavy atom. The first kappa shape index (κ1) is 16.2. The van der Waals surface area contributed by atoms with Gasteiger partial charge >= 0.3 is 0 Å². The number of Topliss-reactive ketones (excluding diaryl/α,β-unsaturated/α-hetero) is 1. The summed E-state index contributed by atoms with van der Waals surface area (Å²) < 4.78 is 0. The van der Waals surface area contributed by atoms with Gasteiger partial charge in [0.1, 0.15) is 11.5 Å². The summed E-state index contributed by atoms with van der Waals surface area (Å²) in [6.07, 6.45) is 0.354. The van der Waals surface area contributed by atoms with Crippen molar-refractivity contribution < 1.29 is 4.79 Å². The molecule has 0 aliphatic carbocycles. The number of carbonyl (C=O) groups is 1. The lowest BCUT2D eigenvalue weighted by Crippen LogP contribution is -2.23. The van der Waals surface area contributed by atoms with Crippen LogP contribution in [0.15, 0.2) is 42.5 Å². The van der Waals surface area contributed by atoms with E-state index in [1.54, 1.807) is 0 Å². The van der Waals surface area contributed by atoms with Gasteiger partial charge in [-0.1, -0.05) is 44.2 Å². The average Bonchev–Trinajstić information content (AvgIpc) is 2.98. The Bertz CT molecular complexity index is 839. The molecule has 0 saturated carbocycles. The summed E-state index contributed by atoms with van der Waals surface area (Å²) in [5.41, 5.74) is 2.10. The number of anilines is 1. The number of H-pyrrole nitrogens is 1. The van der Waals surface area contributed by atoms with Gasteiger partial charge in [0.05, 0.1) is 0 Å².